The molecule has 0 fully saturated rings. The maximum atomic E-state index is 13.1. The van der Waals surface area contributed by atoms with Gasteiger partial charge in [-0.1, -0.05) is 6.07 Å². The zero-order chi connectivity index (χ0) is 24.5. The molecule has 35 heavy (non-hydrogen) atoms. The number of carbonyl (C=O) groups excluding carboxylic acids is 1. The van der Waals surface area contributed by atoms with Crippen LogP contribution >= 0.6 is 0 Å². The van der Waals surface area contributed by atoms with Gasteiger partial charge in [0, 0.05) is 25.2 Å². The van der Waals surface area contributed by atoms with Crippen LogP contribution in [0.4, 0.5) is 5.82 Å². The Labute approximate surface area is 202 Å². The zero-order valence-electron chi connectivity index (χ0n) is 20.1. The molecule has 180 valence electrons. The highest BCUT2D eigenvalue weighted by Gasteiger charge is 2.25. The Balaban J connectivity index is 1.37. The molecule has 1 N–H and O–H groups in total. The van der Waals surface area contributed by atoms with Gasteiger partial charge in [0.2, 0.25) is 5.88 Å². The molecule has 0 saturated carbocycles. The van der Waals surface area contributed by atoms with Gasteiger partial charge in [0.05, 0.1) is 24.7 Å². The van der Waals surface area contributed by atoms with Crippen LogP contribution in [0.5, 0.6) is 5.88 Å². The first-order valence-electron chi connectivity index (χ1n) is 11.4. The number of aryl methyl sites for hydroxylation is 1. The van der Waals surface area contributed by atoms with Crippen molar-refractivity contribution in [3.05, 3.63) is 59.8 Å². The Hall–Kier alpha value is -4.12. The second kappa shape index (κ2) is 9.26. The Morgan fingerprint density at radius 2 is 2.09 bits per heavy atom. The minimum Gasteiger partial charge on any atom is -0.479 e. The van der Waals surface area contributed by atoms with Crippen molar-refractivity contribution in [3.8, 4) is 23.1 Å². The summed E-state index contributed by atoms with van der Waals surface area (Å²) in [5.74, 6) is 1.90. The number of pyridine rings is 2. The molecule has 0 unspecified atom stereocenters. The molecule has 1 aliphatic heterocycles. The van der Waals surface area contributed by atoms with Crippen LogP contribution < -0.4 is 10.1 Å². The topological polar surface area (TPSA) is 116 Å². The van der Waals surface area contributed by atoms with Crippen LogP contribution in [-0.2, 0) is 13.0 Å². The molecule has 4 aromatic rings. The van der Waals surface area contributed by atoms with Gasteiger partial charge in [0.1, 0.15) is 22.9 Å². The second-order valence-electron chi connectivity index (χ2n) is 8.80. The van der Waals surface area contributed by atoms with Gasteiger partial charge in [-0.3, -0.25) is 9.78 Å². The lowest BCUT2D eigenvalue weighted by Crippen LogP contribution is -2.14. The highest BCUT2D eigenvalue weighted by Crippen LogP contribution is 2.30. The maximum Gasteiger partial charge on any atom is 0.263 e. The van der Waals surface area contributed by atoms with Crippen LogP contribution in [0.3, 0.4) is 0 Å². The molecule has 11 heteroatoms. The summed E-state index contributed by atoms with van der Waals surface area (Å²) in [7, 11) is 5.46. The van der Waals surface area contributed by atoms with E-state index >= 15 is 0 Å². The number of nitrogens with zero attached hydrogens (tertiary/aromatic N) is 8. The molecule has 1 atom stereocenters. The number of amides is 1. The van der Waals surface area contributed by atoms with Gasteiger partial charge in [0.25, 0.3) is 5.91 Å². The smallest absolute Gasteiger partial charge is 0.263 e. The van der Waals surface area contributed by atoms with Gasteiger partial charge in [-0.25, -0.2) is 9.67 Å². The van der Waals surface area contributed by atoms with Gasteiger partial charge >= 0.3 is 0 Å². The van der Waals surface area contributed by atoms with Gasteiger partial charge in [-0.15, -0.1) is 15.3 Å². The number of rotatable bonds is 7. The fourth-order valence-corrected chi connectivity index (χ4v) is 4.18. The first-order chi connectivity index (χ1) is 16.9. The van der Waals surface area contributed by atoms with Gasteiger partial charge < -0.3 is 19.5 Å². The molecule has 1 amide bonds. The minimum atomic E-state index is -0.380. The van der Waals surface area contributed by atoms with E-state index in [1.165, 1.54) is 7.11 Å². The molecule has 0 radical (unpaired) electrons. The molecule has 0 bridgehead atoms. The number of methoxy groups -OCH3 is 1. The SMILES string of the molecule is COc1nn(-c2ccc(CN(C)C)nc2)cc1C(=O)Nc1cccc(-c2nnc3n2[C@@H](C)CC3)n1. The van der Waals surface area contributed by atoms with Crippen molar-refractivity contribution < 1.29 is 9.53 Å². The number of fused-ring (bicyclic) bond motifs is 1. The third kappa shape index (κ3) is 4.50. The molecule has 0 spiro atoms. The normalized spacial score (nSPS) is 14.8. The van der Waals surface area contributed by atoms with E-state index in [1.807, 2.05) is 43.3 Å². The third-order valence-electron chi connectivity index (χ3n) is 5.88. The number of hydrogen-bond acceptors (Lipinski definition) is 8. The average Bonchev–Trinajstić information content (AvgIpc) is 3.56. The fourth-order valence-electron chi connectivity index (χ4n) is 4.18. The van der Waals surface area contributed by atoms with Crippen LogP contribution in [0.25, 0.3) is 17.2 Å². The van der Waals surface area contributed by atoms with Crippen LogP contribution in [0.1, 0.15) is 41.3 Å². The third-order valence-corrected chi connectivity index (χ3v) is 5.88. The molecule has 4 aromatic heterocycles. The van der Waals surface area contributed by atoms with Crippen molar-refractivity contribution in [2.75, 3.05) is 26.5 Å². The van der Waals surface area contributed by atoms with Crippen LogP contribution in [0.2, 0.25) is 0 Å². The lowest BCUT2D eigenvalue weighted by atomic mass is 10.2. The highest BCUT2D eigenvalue weighted by atomic mass is 16.5. The lowest BCUT2D eigenvalue weighted by Gasteiger charge is -2.10. The van der Waals surface area contributed by atoms with Crippen molar-refractivity contribution >= 4 is 11.7 Å². The van der Waals surface area contributed by atoms with E-state index in [0.717, 1.165) is 36.6 Å². The van der Waals surface area contributed by atoms with E-state index in [4.69, 9.17) is 4.74 Å². The molecule has 5 rings (SSSR count). The zero-order valence-corrected chi connectivity index (χ0v) is 20.1. The summed E-state index contributed by atoms with van der Waals surface area (Å²) in [5.41, 5.74) is 2.60. The number of nitrogens with one attached hydrogen (secondary N) is 1. The summed E-state index contributed by atoms with van der Waals surface area (Å²) in [6.07, 6.45) is 5.28. The molecular weight excluding hydrogens is 446 g/mol. The number of hydrogen-bond donors (Lipinski definition) is 1. The van der Waals surface area contributed by atoms with E-state index < -0.39 is 0 Å². The lowest BCUT2D eigenvalue weighted by molar-refractivity contribution is 0.102. The van der Waals surface area contributed by atoms with E-state index in [-0.39, 0.29) is 17.4 Å². The van der Waals surface area contributed by atoms with Gasteiger partial charge in [-0.05, 0) is 51.7 Å². The summed E-state index contributed by atoms with van der Waals surface area (Å²) in [4.78, 5) is 24.2. The van der Waals surface area contributed by atoms with Crippen LogP contribution in [-0.4, -0.2) is 66.5 Å². The van der Waals surface area contributed by atoms with E-state index in [1.54, 1.807) is 23.1 Å². The second-order valence-corrected chi connectivity index (χ2v) is 8.80. The number of carbonyl (C=O) groups is 1. The Morgan fingerprint density at radius 3 is 2.83 bits per heavy atom. The Bertz CT molecular complexity index is 1360. The minimum absolute atomic E-state index is 0.208. The van der Waals surface area contributed by atoms with Crippen molar-refractivity contribution in [3.63, 3.8) is 0 Å². The standard InChI is InChI=1S/C24H27N9O2/c1-15-8-11-21-28-29-22(33(15)21)19-6-5-7-20(26-19)27-23(34)18-14-32(30-24(18)35-4)17-10-9-16(25-12-17)13-31(2)3/h5-7,9-10,12,14-15H,8,11,13H2,1-4H3,(H,26,27,34)/t15-/m0/s1. The Kier molecular flexibility index (Phi) is 6.00. The summed E-state index contributed by atoms with van der Waals surface area (Å²) in [5, 5.41) is 15.9. The summed E-state index contributed by atoms with van der Waals surface area (Å²) < 4.78 is 9.05. The predicted octanol–water partition coefficient (Wildman–Crippen LogP) is 2.75. The molecule has 11 nitrogen and oxygen atoms in total. The summed E-state index contributed by atoms with van der Waals surface area (Å²) in [6, 6.07) is 9.58. The molecule has 5 heterocycles. The average molecular weight is 474 g/mol. The first-order valence-corrected chi connectivity index (χ1v) is 11.4. The monoisotopic (exact) mass is 473 g/mol. The maximum absolute atomic E-state index is 13.1. The summed E-state index contributed by atoms with van der Waals surface area (Å²) in [6.45, 7) is 2.88. The predicted molar refractivity (Wildman–Crippen MR) is 130 cm³/mol. The molecule has 0 saturated heterocycles. The molecule has 0 aliphatic carbocycles. The van der Waals surface area contributed by atoms with Crippen LogP contribution in [0, 0.1) is 0 Å². The number of ether oxygens (including phenoxy) is 1. The van der Waals surface area contributed by atoms with Crippen molar-refractivity contribution in [2.45, 2.75) is 32.4 Å². The molecular formula is C24H27N9O2. The van der Waals surface area contributed by atoms with Crippen molar-refractivity contribution in [1.82, 2.24) is 39.4 Å². The van der Waals surface area contributed by atoms with Crippen molar-refractivity contribution in [1.29, 1.82) is 0 Å². The first kappa shape index (κ1) is 22.7. The molecule has 1 aliphatic rings. The highest BCUT2D eigenvalue weighted by molar-refractivity contribution is 6.05. The van der Waals surface area contributed by atoms with E-state index in [9.17, 15) is 4.79 Å². The quantitative estimate of drug-likeness (QED) is 0.436. The molecule has 0 aromatic carbocycles. The summed E-state index contributed by atoms with van der Waals surface area (Å²) >= 11 is 0. The van der Waals surface area contributed by atoms with Gasteiger partial charge in [0.15, 0.2) is 5.82 Å². The number of anilines is 1. The van der Waals surface area contributed by atoms with Crippen molar-refractivity contribution in [2.24, 2.45) is 0 Å². The van der Waals surface area contributed by atoms with Gasteiger partial charge in [-0.2, -0.15) is 0 Å². The fraction of sp³-hybridized carbons (Fsp3) is 0.333. The Morgan fingerprint density at radius 1 is 1.23 bits per heavy atom. The largest absolute Gasteiger partial charge is 0.479 e. The van der Waals surface area contributed by atoms with E-state index in [0.29, 0.717) is 23.4 Å². The number of aromatic nitrogens is 7. The van der Waals surface area contributed by atoms with Crippen LogP contribution in [0.15, 0.2) is 42.7 Å². The van der Waals surface area contributed by atoms with E-state index in [2.05, 4.69) is 42.1 Å².